The zero-order chi connectivity index (χ0) is 16.2. The summed E-state index contributed by atoms with van der Waals surface area (Å²) in [6.45, 7) is 4.14. The van der Waals surface area contributed by atoms with Gasteiger partial charge in [0.1, 0.15) is 19.0 Å². The van der Waals surface area contributed by atoms with Crippen molar-refractivity contribution < 1.29 is 14.2 Å². The fourth-order valence-electron chi connectivity index (χ4n) is 2.40. The summed E-state index contributed by atoms with van der Waals surface area (Å²) >= 11 is 12.3. The smallest absolute Gasteiger partial charge is 0.163 e. The van der Waals surface area contributed by atoms with Gasteiger partial charge in [0, 0.05) is 28.9 Å². The fourth-order valence-corrected chi connectivity index (χ4v) is 2.99. The molecule has 1 N–H and O–H groups in total. The highest BCUT2D eigenvalue weighted by molar-refractivity contribution is 6.35. The van der Waals surface area contributed by atoms with Crippen molar-refractivity contribution in [2.75, 3.05) is 25.1 Å². The molecule has 0 fully saturated rings. The Morgan fingerprint density at radius 2 is 1.87 bits per heavy atom. The van der Waals surface area contributed by atoms with E-state index in [2.05, 4.69) is 5.32 Å². The van der Waals surface area contributed by atoms with Crippen LogP contribution in [-0.2, 0) is 6.54 Å². The van der Waals surface area contributed by atoms with Crippen LogP contribution >= 0.6 is 23.2 Å². The molecule has 1 heterocycles. The molecule has 23 heavy (non-hydrogen) atoms. The zero-order valence-corrected chi connectivity index (χ0v) is 14.2. The van der Waals surface area contributed by atoms with E-state index in [4.69, 9.17) is 37.4 Å². The third-order valence-electron chi connectivity index (χ3n) is 3.40. The van der Waals surface area contributed by atoms with Crippen molar-refractivity contribution in [1.82, 2.24) is 0 Å². The highest BCUT2D eigenvalue weighted by Crippen LogP contribution is 2.35. The maximum absolute atomic E-state index is 6.22. The molecule has 1 aliphatic heterocycles. The topological polar surface area (TPSA) is 39.7 Å². The van der Waals surface area contributed by atoms with Gasteiger partial charge in [0.15, 0.2) is 11.5 Å². The van der Waals surface area contributed by atoms with Crippen LogP contribution in [0.2, 0.25) is 10.0 Å². The molecule has 0 bridgehead atoms. The SMILES string of the molecule is CCOc1c(Cl)cc(Cl)cc1CNc1ccc2c(c1)OCCO2. The van der Waals surface area contributed by atoms with Crippen LogP contribution in [0.1, 0.15) is 12.5 Å². The second kappa shape index (κ2) is 7.20. The van der Waals surface area contributed by atoms with Crippen LogP contribution in [0.15, 0.2) is 30.3 Å². The lowest BCUT2D eigenvalue weighted by Gasteiger charge is -2.19. The van der Waals surface area contributed by atoms with Gasteiger partial charge in [-0.3, -0.25) is 0 Å². The lowest BCUT2D eigenvalue weighted by atomic mass is 10.2. The number of hydrogen-bond donors (Lipinski definition) is 1. The number of rotatable bonds is 5. The molecule has 2 aromatic carbocycles. The molecule has 0 unspecified atom stereocenters. The van der Waals surface area contributed by atoms with Gasteiger partial charge in [-0.2, -0.15) is 0 Å². The van der Waals surface area contributed by atoms with Gasteiger partial charge in [0.2, 0.25) is 0 Å². The predicted octanol–water partition coefficient (Wildman–Crippen LogP) is 4.78. The summed E-state index contributed by atoms with van der Waals surface area (Å²) in [6, 6.07) is 9.29. The number of anilines is 1. The van der Waals surface area contributed by atoms with Crippen LogP contribution in [0.25, 0.3) is 0 Å². The van der Waals surface area contributed by atoms with Crippen LogP contribution in [0.3, 0.4) is 0 Å². The maximum Gasteiger partial charge on any atom is 0.163 e. The average molecular weight is 354 g/mol. The molecule has 6 heteroatoms. The van der Waals surface area contributed by atoms with Gasteiger partial charge in [-0.05, 0) is 31.2 Å². The molecular formula is C17H17Cl2NO3. The Morgan fingerprint density at radius 1 is 1.09 bits per heavy atom. The van der Waals surface area contributed by atoms with E-state index in [0.717, 1.165) is 22.7 Å². The van der Waals surface area contributed by atoms with E-state index in [1.54, 1.807) is 6.07 Å². The highest BCUT2D eigenvalue weighted by Gasteiger charge is 2.13. The molecular weight excluding hydrogens is 337 g/mol. The summed E-state index contributed by atoms with van der Waals surface area (Å²) in [5.74, 6) is 2.17. The van der Waals surface area contributed by atoms with Gasteiger partial charge < -0.3 is 19.5 Å². The predicted molar refractivity (Wildman–Crippen MR) is 92.4 cm³/mol. The third kappa shape index (κ3) is 3.77. The van der Waals surface area contributed by atoms with Crippen LogP contribution in [0.5, 0.6) is 17.2 Å². The van der Waals surface area contributed by atoms with Crippen molar-refractivity contribution >= 4 is 28.9 Å². The molecule has 0 aromatic heterocycles. The highest BCUT2D eigenvalue weighted by atomic mass is 35.5. The van der Waals surface area contributed by atoms with Crippen LogP contribution in [0.4, 0.5) is 5.69 Å². The second-order valence-corrected chi connectivity index (χ2v) is 5.86. The molecule has 4 nitrogen and oxygen atoms in total. The molecule has 0 saturated carbocycles. The summed E-state index contributed by atoms with van der Waals surface area (Å²) in [5.41, 5.74) is 1.83. The van der Waals surface area contributed by atoms with E-state index in [9.17, 15) is 0 Å². The molecule has 0 saturated heterocycles. The number of benzene rings is 2. The molecule has 0 radical (unpaired) electrons. The van der Waals surface area contributed by atoms with E-state index < -0.39 is 0 Å². The summed E-state index contributed by atoms with van der Waals surface area (Å²) in [7, 11) is 0. The Labute approximate surface area is 145 Å². The Bertz CT molecular complexity index is 706. The Kier molecular flexibility index (Phi) is 5.03. The standard InChI is InChI=1S/C17H17Cl2NO3/c1-2-21-17-11(7-12(18)8-14(17)19)10-20-13-3-4-15-16(9-13)23-6-5-22-15/h3-4,7-9,20H,2,5-6,10H2,1H3. The third-order valence-corrected chi connectivity index (χ3v) is 3.90. The summed E-state index contributed by atoms with van der Waals surface area (Å²) < 4.78 is 16.7. The van der Waals surface area contributed by atoms with Crippen molar-refractivity contribution in [2.24, 2.45) is 0 Å². The van der Waals surface area contributed by atoms with E-state index in [1.807, 2.05) is 31.2 Å². The molecule has 1 aliphatic rings. The number of ether oxygens (including phenoxy) is 3. The molecule has 122 valence electrons. The first kappa shape index (κ1) is 16.1. The Morgan fingerprint density at radius 3 is 2.65 bits per heavy atom. The molecule has 2 aromatic rings. The van der Waals surface area contributed by atoms with Gasteiger partial charge in [0.05, 0.1) is 11.6 Å². The maximum atomic E-state index is 6.22. The molecule has 0 amide bonds. The normalized spacial score (nSPS) is 12.8. The fraction of sp³-hybridized carbons (Fsp3) is 0.294. The molecule has 3 rings (SSSR count). The summed E-state index contributed by atoms with van der Waals surface area (Å²) in [5, 5.41) is 4.42. The lowest BCUT2D eigenvalue weighted by Crippen LogP contribution is -2.15. The van der Waals surface area contributed by atoms with Crippen molar-refractivity contribution in [3.8, 4) is 17.2 Å². The van der Waals surface area contributed by atoms with Crippen molar-refractivity contribution in [2.45, 2.75) is 13.5 Å². The van der Waals surface area contributed by atoms with Crippen molar-refractivity contribution in [3.63, 3.8) is 0 Å². The minimum atomic E-state index is 0.512. The zero-order valence-electron chi connectivity index (χ0n) is 12.7. The molecule has 0 spiro atoms. The monoisotopic (exact) mass is 353 g/mol. The number of nitrogens with one attached hydrogen (secondary N) is 1. The van der Waals surface area contributed by atoms with E-state index in [0.29, 0.717) is 42.2 Å². The average Bonchev–Trinajstić information content (AvgIpc) is 2.55. The first-order chi connectivity index (χ1) is 11.2. The largest absolute Gasteiger partial charge is 0.492 e. The summed E-state index contributed by atoms with van der Waals surface area (Å²) in [4.78, 5) is 0. The molecule has 0 atom stereocenters. The van der Waals surface area contributed by atoms with Crippen molar-refractivity contribution in [1.29, 1.82) is 0 Å². The van der Waals surface area contributed by atoms with Gasteiger partial charge >= 0.3 is 0 Å². The number of fused-ring (bicyclic) bond motifs is 1. The van der Waals surface area contributed by atoms with E-state index in [1.165, 1.54) is 0 Å². The quantitative estimate of drug-likeness (QED) is 0.839. The Hall–Kier alpha value is -1.78. The second-order valence-electron chi connectivity index (χ2n) is 5.02. The lowest BCUT2D eigenvalue weighted by molar-refractivity contribution is 0.171. The Balaban J connectivity index is 1.78. The molecule has 0 aliphatic carbocycles. The van der Waals surface area contributed by atoms with Crippen LogP contribution in [0, 0.1) is 0 Å². The van der Waals surface area contributed by atoms with Crippen LogP contribution < -0.4 is 19.5 Å². The minimum Gasteiger partial charge on any atom is -0.492 e. The number of halogens is 2. The van der Waals surface area contributed by atoms with Gasteiger partial charge in [0.25, 0.3) is 0 Å². The van der Waals surface area contributed by atoms with Gasteiger partial charge in [-0.1, -0.05) is 23.2 Å². The van der Waals surface area contributed by atoms with Gasteiger partial charge in [-0.15, -0.1) is 0 Å². The van der Waals surface area contributed by atoms with Crippen LogP contribution in [-0.4, -0.2) is 19.8 Å². The van der Waals surface area contributed by atoms with E-state index in [-0.39, 0.29) is 0 Å². The van der Waals surface area contributed by atoms with Crippen molar-refractivity contribution in [3.05, 3.63) is 45.9 Å². The minimum absolute atomic E-state index is 0.512. The summed E-state index contributed by atoms with van der Waals surface area (Å²) in [6.07, 6.45) is 0. The first-order valence-corrected chi connectivity index (χ1v) is 8.17. The van der Waals surface area contributed by atoms with Gasteiger partial charge in [-0.25, -0.2) is 0 Å². The van der Waals surface area contributed by atoms with E-state index >= 15 is 0 Å². The number of hydrogen-bond acceptors (Lipinski definition) is 4. The first-order valence-electron chi connectivity index (χ1n) is 7.41.